The van der Waals surface area contributed by atoms with Crippen LogP contribution in [0.3, 0.4) is 0 Å². The molecule has 3 heteroatoms. The number of ether oxygens (including phenoxy) is 2. The zero-order valence-electron chi connectivity index (χ0n) is 13.4. The molecule has 4 unspecified atom stereocenters. The Kier molecular flexibility index (Phi) is 4.39. The van der Waals surface area contributed by atoms with Crippen LogP contribution in [0.1, 0.15) is 51.1 Å². The maximum Gasteiger partial charge on any atom is 0.124 e. The van der Waals surface area contributed by atoms with E-state index in [4.69, 9.17) is 9.47 Å². The molecule has 0 saturated heterocycles. The van der Waals surface area contributed by atoms with Gasteiger partial charge < -0.3 is 14.8 Å². The lowest BCUT2D eigenvalue weighted by Crippen LogP contribution is -2.38. The van der Waals surface area contributed by atoms with Gasteiger partial charge in [-0.05, 0) is 42.9 Å². The van der Waals surface area contributed by atoms with Gasteiger partial charge in [-0.3, -0.25) is 0 Å². The van der Waals surface area contributed by atoms with Gasteiger partial charge in [0.25, 0.3) is 0 Å². The number of hydrogen-bond donors (Lipinski definition) is 1. The third-order valence-electron chi connectivity index (χ3n) is 5.42. The summed E-state index contributed by atoms with van der Waals surface area (Å²) in [6.45, 7) is 5.53. The van der Waals surface area contributed by atoms with Crippen molar-refractivity contribution in [3.63, 3.8) is 0 Å². The third-order valence-corrected chi connectivity index (χ3v) is 5.42. The van der Waals surface area contributed by atoms with Crippen LogP contribution >= 0.6 is 0 Å². The molecular formula is C18H27NO2. The third kappa shape index (κ3) is 2.89. The Morgan fingerprint density at radius 1 is 1.29 bits per heavy atom. The fourth-order valence-electron chi connectivity index (χ4n) is 3.99. The number of hydrogen-bond acceptors (Lipinski definition) is 3. The Labute approximate surface area is 128 Å². The fraction of sp³-hybridized carbons (Fsp3) is 0.667. The Bertz CT molecular complexity index is 488. The van der Waals surface area contributed by atoms with Crippen LogP contribution in [-0.4, -0.2) is 19.8 Å². The molecule has 1 fully saturated rings. The van der Waals surface area contributed by atoms with Gasteiger partial charge in [0.1, 0.15) is 11.5 Å². The zero-order chi connectivity index (χ0) is 14.8. The van der Waals surface area contributed by atoms with E-state index in [2.05, 4.69) is 25.2 Å². The zero-order valence-corrected chi connectivity index (χ0v) is 13.4. The van der Waals surface area contributed by atoms with Crippen LogP contribution in [0.5, 0.6) is 11.5 Å². The summed E-state index contributed by atoms with van der Waals surface area (Å²) in [7, 11) is 1.72. The van der Waals surface area contributed by atoms with Gasteiger partial charge in [0, 0.05) is 24.1 Å². The van der Waals surface area contributed by atoms with Gasteiger partial charge in [-0.25, -0.2) is 0 Å². The second kappa shape index (κ2) is 6.27. The molecule has 1 heterocycles. The molecule has 0 amide bonds. The lowest BCUT2D eigenvalue weighted by atomic mass is 9.92. The van der Waals surface area contributed by atoms with E-state index in [-0.39, 0.29) is 0 Å². The molecular weight excluding hydrogens is 262 g/mol. The van der Waals surface area contributed by atoms with Crippen molar-refractivity contribution in [1.29, 1.82) is 0 Å². The van der Waals surface area contributed by atoms with Gasteiger partial charge in [-0.15, -0.1) is 0 Å². The number of rotatable bonds is 4. The molecule has 21 heavy (non-hydrogen) atoms. The highest BCUT2D eigenvalue weighted by atomic mass is 16.5. The summed E-state index contributed by atoms with van der Waals surface area (Å²) in [5.41, 5.74) is 1.26. The second-order valence-electron chi connectivity index (χ2n) is 6.47. The van der Waals surface area contributed by atoms with Crippen LogP contribution in [0.25, 0.3) is 0 Å². The van der Waals surface area contributed by atoms with Crippen molar-refractivity contribution in [2.24, 2.45) is 11.8 Å². The Hall–Kier alpha value is -1.22. The SMILES string of the molecule is CCC1CCC(NC2CCOc3ccc(OC)cc32)C1C. The largest absolute Gasteiger partial charge is 0.497 e. The first kappa shape index (κ1) is 14.7. The first-order chi connectivity index (χ1) is 10.2. The lowest BCUT2D eigenvalue weighted by Gasteiger charge is -2.31. The molecule has 0 spiro atoms. The number of methoxy groups -OCH3 is 1. The summed E-state index contributed by atoms with van der Waals surface area (Å²) < 4.78 is 11.2. The van der Waals surface area contributed by atoms with Crippen molar-refractivity contribution < 1.29 is 9.47 Å². The summed E-state index contributed by atoms with van der Waals surface area (Å²) in [4.78, 5) is 0. The predicted molar refractivity (Wildman–Crippen MR) is 84.9 cm³/mol. The first-order valence-corrected chi connectivity index (χ1v) is 8.29. The molecule has 0 radical (unpaired) electrons. The van der Waals surface area contributed by atoms with E-state index in [0.717, 1.165) is 36.4 Å². The summed E-state index contributed by atoms with van der Waals surface area (Å²) >= 11 is 0. The molecule has 3 rings (SSSR count). The van der Waals surface area contributed by atoms with Gasteiger partial charge in [-0.2, -0.15) is 0 Å². The van der Waals surface area contributed by atoms with Crippen LogP contribution < -0.4 is 14.8 Å². The Morgan fingerprint density at radius 3 is 2.86 bits per heavy atom. The average Bonchev–Trinajstić information content (AvgIpc) is 2.87. The normalized spacial score (nSPS) is 31.6. The highest BCUT2D eigenvalue weighted by Gasteiger charge is 2.34. The highest BCUT2D eigenvalue weighted by Crippen LogP contribution is 2.39. The van der Waals surface area contributed by atoms with Crippen LogP contribution in [0.2, 0.25) is 0 Å². The van der Waals surface area contributed by atoms with E-state index in [1.807, 2.05) is 12.1 Å². The predicted octanol–water partition coefficient (Wildman–Crippen LogP) is 3.93. The van der Waals surface area contributed by atoms with Crippen molar-refractivity contribution in [2.75, 3.05) is 13.7 Å². The molecule has 1 aliphatic heterocycles. The molecule has 1 aromatic rings. The van der Waals surface area contributed by atoms with E-state index >= 15 is 0 Å². The minimum absolute atomic E-state index is 0.395. The molecule has 1 aromatic carbocycles. The molecule has 116 valence electrons. The van der Waals surface area contributed by atoms with Gasteiger partial charge >= 0.3 is 0 Å². The molecule has 1 saturated carbocycles. The summed E-state index contributed by atoms with van der Waals surface area (Å²) in [5.74, 6) is 3.58. The fourth-order valence-corrected chi connectivity index (χ4v) is 3.99. The van der Waals surface area contributed by atoms with Crippen LogP contribution in [-0.2, 0) is 0 Å². The quantitative estimate of drug-likeness (QED) is 0.911. The molecule has 1 aliphatic carbocycles. The number of benzene rings is 1. The second-order valence-corrected chi connectivity index (χ2v) is 6.47. The molecule has 0 aromatic heterocycles. The summed E-state index contributed by atoms with van der Waals surface area (Å²) in [5, 5.41) is 3.90. The van der Waals surface area contributed by atoms with E-state index in [1.54, 1.807) is 7.11 Å². The van der Waals surface area contributed by atoms with E-state index in [1.165, 1.54) is 24.8 Å². The monoisotopic (exact) mass is 289 g/mol. The highest BCUT2D eigenvalue weighted by molar-refractivity contribution is 5.43. The molecule has 0 bridgehead atoms. The molecule has 2 aliphatic rings. The van der Waals surface area contributed by atoms with Gasteiger partial charge in [0.05, 0.1) is 13.7 Å². The van der Waals surface area contributed by atoms with Crippen LogP contribution in [0.4, 0.5) is 0 Å². The van der Waals surface area contributed by atoms with Crippen molar-refractivity contribution >= 4 is 0 Å². The maximum atomic E-state index is 5.79. The summed E-state index contributed by atoms with van der Waals surface area (Å²) in [6.07, 6.45) is 5.01. The standard InChI is InChI=1S/C18H27NO2/c1-4-13-5-7-16(12(13)2)19-17-9-10-21-18-8-6-14(20-3)11-15(17)18/h6,8,11-13,16-17,19H,4-5,7,9-10H2,1-3H3. The number of fused-ring (bicyclic) bond motifs is 1. The van der Waals surface area contributed by atoms with Crippen LogP contribution in [0.15, 0.2) is 18.2 Å². The average molecular weight is 289 g/mol. The van der Waals surface area contributed by atoms with E-state index in [0.29, 0.717) is 12.1 Å². The molecule has 4 atom stereocenters. The summed E-state index contributed by atoms with van der Waals surface area (Å²) in [6, 6.07) is 7.17. The Morgan fingerprint density at radius 2 is 2.14 bits per heavy atom. The van der Waals surface area contributed by atoms with Crippen molar-refractivity contribution in [1.82, 2.24) is 5.32 Å². The van der Waals surface area contributed by atoms with Crippen molar-refractivity contribution in [3.05, 3.63) is 23.8 Å². The van der Waals surface area contributed by atoms with Crippen molar-refractivity contribution in [2.45, 2.75) is 51.6 Å². The van der Waals surface area contributed by atoms with E-state index in [9.17, 15) is 0 Å². The van der Waals surface area contributed by atoms with Gasteiger partial charge in [0.2, 0.25) is 0 Å². The molecule has 3 nitrogen and oxygen atoms in total. The Balaban J connectivity index is 1.76. The number of nitrogens with one attached hydrogen (secondary N) is 1. The molecule has 1 N–H and O–H groups in total. The first-order valence-electron chi connectivity index (χ1n) is 8.29. The van der Waals surface area contributed by atoms with E-state index < -0.39 is 0 Å². The minimum atomic E-state index is 0.395. The maximum absolute atomic E-state index is 5.79. The lowest BCUT2D eigenvalue weighted by molar-refractivity contribution is 0.230. The van der Waals surface area contributed by atoms with Crippen molar-refractivity contribution in [3.8, 4) is 11.5 Å². The van der Waals surface area contributed by atoms with Crippen LogP contribution in [0, 0.1) is 11.8 Å². The van der Waals surface area contributed by atoms with Gasteiger partial charge in [-0.1, -0.05) is 20.3 Å². The minimum Gasteiger partial charge on any atom is -0.497 e. The smallest absolute Gasteiger partial charge is 0.124 e. The van der Waals surface area contributed by atoms with Gasteiger partial charge in [0.15, 0.2) is 0 Å². The topological polar surface area (TPSA) is 30.5 Å².